The van der Waals surface area contributed by atoms with Gasteiger partial charge in [0.15, 0.2) is 0 Å². The van der Waals surface area contributed by atoms with Gasteiger partial charge >= 0.3 is 5.97 Å². The number of hydrogen-bond donors (Lipinski definition) is 2. The molecular weight excluding hydrogens is 364 g/mol. The lowest BCUT2D eigenvalue weighted by atomic mass is 10.2. The summed E-state index contributed by atoms with van der Waals surface area (Å²) in [5.74, 6) is -0.825. The van der Waals surface area contributed by atoms with Crippen LogP contribution in [0.3, 0.4) is 0 Å². The van der Waals surface area contributed by atoms with Gasteiger partial charge < -0.3 is 15.4 Å². The Hall–Kier alpha value is -1.89. The molecule has 0 saturated heterocycles. The number of rotatable bonds is 8. The molecule has 7 heteroatoms. The highest BCUT2D eigenvalue weighted by atomic mass is 79.9. The summed E-state index contributed by atoms with van der Waals surface area (Å²) < 4.78 is 4.63. The Labute approximate surface area is 144 Å². The van der Waals surface area contributed by atoms with Crippen molar-refractivity contribution in [2.24, 2.45) is 0 Å². The molecule has 0 spiro atoms. The molecule has 0 aliphatic heterocycles. The van der Waals surface area contributed by atoms with Crippen LogP contribution in [0.5, 0.6) is 0 Å². The molecule has 1 aromatic carbocycles. The van der Waals surface area contributed by atoms with Gasteiger partial charge in [-0.3, -0.25) is 9.59 Å². The molecule has 0 bridgehead atoms. The summed E-state index contributed by atoms with van der Waals surface area (Å²) in [6.45, 7) is 2.25. The van der Waals surface area contributed by atoms with Crippen molar-refractivity contribution in [3.05, 3.63) is 29.8 Å². The molecule has 1 aromatic rings. The van der Waals surface area contributed by atoms with Crippen LogP contribution in [0.25, 0.3) is 0 Å². The summed E-state index contributed by atoms with van der Waals surface area (Å²) in [5.41, 5.74) is 0.869. The highest BCUT2D eigenvalue weighted by Crippen LogP contribution is 2.12. The van der Waals surface area contributed by atoms with E-state index in [-0.39, 0.29) is 29.6 Å². The second kappa shape index (κ2) is 9.99. The maximum atomic E-state index is 11.8. The van der Waals surface area contributed by atoms with E-state index in [2.05, 4.69) is 31.3 Å². The van der Waals surface area contributed by atoms with Gasteiger partial charge in [0.2, 0.25) is 11.8 Å². The van der Waals surface area contributed by atoms with Crippen molar-refractivity contribution in [1.82, 2.24) is 5.32 Å². The van der Waals surface area contributed by atoms with E-state index in [4.69, 9.17) is 0 Å². The number of hydrogen-bond acceptors (Lipinski definition) is 4. The largest absolute Gasteiger partial charge is 0.465 e. The highest BCUT2D eigenvalue weighted by molar-refractivity contribution is 9.10. The molecule has 1 rings (SSSR count). The minimum absolute atomic E-state index is 0.118. The Morgan fingerprint density at radius 2 is 2.04 bits per heavy atom. The molecule has 126 valence electrons. The van der Waals surface area contributed by atoms with Gasteiger partial charge in [-0.15, -0.1) is 0 Å². The van der Waals surface area contributed by atoms with Crippen molar-refractivity contribution >= 4 is 39.4 Å². The van der Waals surface area contributed by atoms with Crippen molar-refractivity contribution in [3.63, 3.8) is 0 Å². The molecule has 2 N–H and O–H groups in total. The summed E-state index contributed by atoms with van der Waals surface area (Å²) in [4.78, 5) is 34.7. The Morgan fingerprint density at radius 3 is 2.70 bits per heavy atom. The van der Waals surface area contributed by atoms with Gasteiger partial charge in [-0.25, -0.2) is 4.79 Å². The maximum absolute atomic E-state index is 11.8. The first-order valence-electron chi connectivity index (χ1n) is 7.38. The van der Waals surface area contributed by atoms with Crippen LogP contribution >= 0.6 is 15.9 Å². The van der Waals surface area contributed by atoms with Crippen LogP contribution in [0, 0.1) is 0 Å². The van der Waals surface area contributed by atoms with Gasteiger partial charge in [-0.05, 0) is 24.6 Å². The van der Waals surface area contributed by atoms with Crippen LogP contribution in [0.1, 0.15) is 36.5 Å². The number of alkyl halides is 1. The first-order valence-corrected chi connectivity index (χ1v) is 8.29. The smallest absolute Gasteiger partial charge is 0.337 e. The minimum Gasteiger partial charge on any atom is -0.465 e. The fourth-order valence-electron chi connectivity index (χ4n) is 1.86. The molecule has 0 fully saturated rings. The molecular formula is C16H21BrN2O4. The molecule has 0 aliphatic carbocycles. The summed E-state index contributed by atoms with van der Waals surface area (Å²) in [7, 11) is 1.30. The van der Waals surface area contributed by atoms with E-state index < -0.39 is 5.97 Å². The molecule has 0 saturated carbocycles. The first-order chi connectivity index (χ1) is 11.0. The number of ether oxygens (including phenoxy) is 1. The third kappa shape index (κ3) is 6.81. The zero-order valence-corrected chi connectivity index (χ0v) is 14.8. The van der Waals surface area contributed by atoms with Gasteiger partial charge in [0.1, 0.15) is 0 Å². The molecule has 0 aromatic heterocycles. The minimum atomic E-state index is -0.465. The number of amides is 2. The number of benzene rings is 1. The zero-order valence-electron chi connectivity index (χ0n) is 13.2. The maximum Gasteiger partial charge on any atom is 0.337 e. The van der Waals surface area contributed by atoms with E-state index in [9.17, 15) is 14.4 Å². The van der Waals surface area contributed by atoms with Crippen LogP contribution in [-0.4, -0.2) is 36.3 Å². The van der Waals surface area contributed by atoms with E-state index in [1.54, 1.807) is 18.2 Å². The second-order valence-electron chi connectivity index (χ2n) is 4.92. The average molecular weight is 385 g/mol. The number of anilines is 1. The third-order valence-electron chi connectivity index (χ3n) is 3.05. The van der Waals surface area contributed by atoms with Gasteiger partial charge in [-0.1, -0.05) is 35.3 Å². The van der Waals surface area contributed by atoms with Crippen LogP contribution < -0.4 is 10.6 Å². The van der Waals surface area contributed by atoms with Crippen molar-refractivity contribution in [1.29, 1.82) is 0 Å². The number of methoxy groups -OCH3 is 1. The highest BCUT2D eigenvalue weighted by Gasteiger charge is 2.13. The molecule has 6 nitrogen and oxygen atoms in total. The number of nitrogens with one attached hydrogen (secondary N) is 2. The fraction of sp³-hybridized carbons (Fsp3) is 0.438. The molecule has 0 unspecified atom stereocenters. The number of esters is 1. The number of halogens is 1. The number of carbonyl (C=O) groups is 3. The summed E-state index contributed by atoms with van der Waals surface area (Å²) >= 11 is 3.30. The Balaban J connectivity index is 2.42. The Morgan fingerprint density at radius 1 is 1.30 bits per heavy atom. The molecule has 2 amide bonds. The molecule has 0 aliphatic rings. The van der Waals surface area contributed by atoms with Crippen molar-refractivity contribution in [3.8, 4) is 0 Å². The topological polar surface area (TPSA) is 84.5 Å². The Bertz CT molecular complexity index is 563. The van der Waals surface area contributed by atoms with Gasteiger partial charge in [0.05, 0.1) is 17.5 Å². The van der Waals surface area contributed by atoms with Crippen molar-refractivity contribution < 1.29 is 19.1 Å². The lowest BCUT2D eigenvalue weighted by molar-refractivity contribution is -0.120. The predicted molar refractivity (Wildman–Crippen MR) is 91.7 cm³/mol. The first kappa shape index (κ1) is 19.2. The Kier molecular flexibility index (Phi) is 8.32. The monoisotopic (exact) mass is 384 g/mol. The van der Waals surface area contributed by atoms with Crippen molar-refractivity contribution in [2.75, 3.05) is 19.0 Å². The van der Waals surface area contributed by atoms with Crippen LogP contribution in [-0.2, 0) is 14.3 Å². The summed E-state index contributed by atoms with van der Waals surface area (Å²) in [6.07, 6.45) is 1.80. The van der Waals surface area contributed by atoms with Crippen LogP contribution in [0.15, 0.2) is 24.3 Å². The third-order valence-corrected chi connectivity index (χ3v) is 3.92. The normalized spacial score (nSPS) is 11.4. The lowest BCUT2D eigenvalue weighted by Gasteiger charge is -2.10. The van der Waals surface area contributed by atoms with E-state index >= 15 is 0 Å². The standard InChI is InChI=1S/C16H21BrN2O4/c1-3-5-13(17)15(21)18-9-8-14(20)19-12-7-4-6-11(10-12)16(22)23-2/h4,6-7,10,13H,3,5,8-9H2,1-2H3,(H,18,21)(H,19,20)/t13-/m0/s1. The molecule has 23 heavy (non-hydrogen) atoms. The average Bonchev–Trinajstić information content (AvgIpc) is 2.54. The van der Waals surface area contributed by atoms with E-state index in [1.165, 1.54) is 13.2 Å². The van der Waals surface area contributed by atoms with Gasteiger partial charge in [-0.2, -0.15) is 0 Å². The SMILES string of the molecule is CCC[C@H](Br)C(=O)NCCC(=O)Nc1cccc(C(=O)OC)c1. The fourth-order valence-corrected chi connectivity index (χ4v) is 2.48. The number of carbonyl (C=O) groups excluding carboxylic acids is 3. The van der Waals surface area contributed by atoms with E-state index in [0.29, 0.717) is 11.3 Å². The van der Waals surface area contributed by atoms with E-state index in [0.717, 1.165) is 12.8 Å². The lowest BCUT2D eigenvalue weighted by Crippen LogP contribution is -2.33. The zero-order chi connectivity index (χ0) is 17.2. The summed E-state index contributed by atoms with van der Waals surface area (Å²) in [5, 5.41) is 5.38. The molecule has 1 atom stereocenters. The molecule has 0 radical (unpaired) electrons. The summed E-state index contributed by atoms with van der Waals surface area (Å²) in [6, 6.07) is 6.48. The van der Waals surface area contributed by atoms with Crippen LogP contribution in [0.4, 0.5) is 5.69 Å². The van der Waals surface area contributed by atoms with Gasteiger partial charge in [0, 0.05) is 18.7 Å². The second-order valence-corrected chi connectivity index (χ2v) is 6.02. The predicted octanol–water partition coefficient (Wildman–Crippen LogP) is 2.48. The van der Waals surface area contributed by atoms with E-state index in [1.807, 2.05) is 6.92 Å². The quantitative estimate of drug-likeness (QED) is 0.532. The van der Waals surface area contributed by atoms with Gasteiger partial charge in [0.25, 0.3) is 0 Å². The van der Waals surface area contributed by atoms with Crippen molar-refractivity contribution in [2.45, 2.75) is 31.0 Å². The van der Waals surface area contributed by atoms with Crippen LogP contribution in [0.2, 0.25) is 0 Å². The molecule has 0 heterocycles.